The lowest BCUT2D eigenvalue weighted by Crippen LogP contribution is -2.53. The molecule has 7 nitrogen and oxygen atoms in total. The summed E-state index contributed by atoms with van der Waals surface area (Å²) in [6.07, 6.45) is -0.795. The maximum absolute atomic E-state index is 13.4. The fourth-order valence-corrected chi connectivity index (χ4v) is 4.36. The normalized spacial score (nSPS) is 17.1. The molecule has 8 heteroatoms. The molecule has 1 unspecified atom stereocenters. The first kappa shape index (κ1) is 24.7. The zero-order chi connectivity index (χ0) is 24.8. The van der Waals surface area contributed by atoms with Gasteiger partial charge >= 0.3 is 0 Å². The van der Waals surface area contributed by atoms with Gasteiger partial charge < -0.3 is 19.8 Å². The molecule has 1 fully saturated rings. The summed E-state index contributed by atoms with van der Waals surface area (Å²) in [5.74, 6) is 0.523. The summed E-state index contributed by atoms with van der Waals surface area (Å²) in [7, 11) is 0. The third-order valence-corrected chi connectivity index (χ3v) is 6.21. The largest absolute Gasteiger partial charge is 0.491 e. The number of rotatable bonds is 8. The van der Waals surface area contributed by atoms with E-state index in [4.69, 9.17) is 26.7 Å². The van der Waals surface area contributed by atoms with Crippen molar-refractivity contribution < 1.29 is 19.7 Å². The average molecular weight is 492 g/mol. The maximum atomic E-state index is 13.4. The highest BCUT2D eigenvalue weighted by Crippen LogP contribution is 2.33. The maximum Gasteiger partial charge on any atom is 0.241 e. The Hall–Kier alpha value is -3.41. The van der Waals surface area contributed by atoms with Gasteiger partial charge in [0.15, 0.2) is 0 Å². The standard InChI is InChI=1S/C27H26ClN3O4/c28-22-7-5-20(6-8-22)25-16-30(17-26(33)21-3-1-19(15-29)2-4-21)18-27(34)31(25)23-9-11-24(12-10-23)35-14-13-32/h1-12,25-26,32-33H,13-14,16-18H2/t25-,26?/m0/s1. The molecule has 0 aromatic heterocycles. The zero-order valence-corrected chi connectivity index (χ0v) is 19.8. The highest BCUT2D eigenvalue weighted by atomic mass is 35.5. The Balaban J connectivity index is 1.57. The summed E-state index contributed by atoms with van der Waals surface area (Å²) >= 11 is 6.10. The van der Waals surface area contributed by atoms with Gasteiger partial charge in [0, 0.05) is 23.8 Å². The number of β-amino-alcohol motifs (C(OH)–C–C–N with tert-alkyl or cyclic N) is 1. The Morgan fingerprint density at radius 1 is 1.06 bits per heavy atom. The van der Waals surface area contributed by atoms with Crippen molar-refractivity contribution in [3.05, 3.63) is 94.5 Å². The summed E-state index contributed by atoms with van der Waals surface area (Å²) in [4.78, 5) is 17.1. The minimum atomic E-state index is -0.795. The molecule has 1 aliphatic heterocycles. The van der Waals surface area contributed by atoms with Crippen LogP contribution in [0.1, 0.15) is 28.8 Å². The van der Waals surface area contributed by atoms with E-state index < -0.39 is 6.10 Å². The van der Waals surface area contributed by atoms with Gasteiger partial charge in [-0.3, -0.25) is 9.69 Å². The predicted octanol–water partition coefficient (Wildman–Crippen LogP) is 3.71. The van der Waals surface area contributed by atoms with E-state index in [9.17, 15) is 9.90 Å². The summed E-state index contributed by atoms with van der Waals surface area (Å²) in [5.41, 5.74) is 2.89. The Kier molecular flexibility index (Phi) is 8.01. The van der Waals surface area contributed by atoms with Gasteiger partial charge in [-0.2, -0.15) is 5.26 Å². The monoisotopic (exact) mass is 491 g/mol. The lowest BCUT2D eigenvalue weighted by molar-refractivity contribution is -0.122. The summed E-state index contributed by atoms with van der Waals surface area (Å²) in [5, 5.41) is 29.4. The van der Waals surface area contributed by atoms with Crippen molar-refractivity contribution in [2.75, 3.05) is 37.7 Å². The van der Waals surface area contributed by atoms with E-state index in [-0.39, 0.29) is 38.3 Å². The number of ether oxygens (including phenoxy) is 1. The molecule has 0 saturated carbocycles. The lowest BCUT2D eigenvalue weighted by atomic mass is 9.99. The molecule has 0 spiro atoms. The number of hydrogen-bond donors (Lipinski definition) is 2. The second-order valence-corrected chi connectivity index (χ2v) is 8.78. The molecule has 3 aromatic rings. The smallest absolute Gasteiger partial charge is 0.241 e. The number of hydrogen-bond acceptors (Lipinski definition) is 6. The molecule has 1 heterocycles. The first-order valence-corrected chi connectivity index (χ1v) is 11.7. The SMILES string of the molecule is N#Cc1ccc(C(O)CN2CC(=O)N(c3ccc(OCCO)cc3)[C@H](c3ccc(Cl)cc3)C2)cc1. The van der Waals surface area contributed by atoms with E-state index in [1.54, 1.807) is 53.4 Å². The van der Waals surface area contributed by atoms with Crippen LogP contribution in [0, 0.1) is 11.3 Å². The number of carbonyl (C=O) groups is 1. The molecule has 0 aliphatic carbocycles. The average Bonchev–Trinajstić information content (AvgIpc) is 2.88. The number of aliphatic hydroxyl groups is 2. The van der Waals surface area contributed by atoms with E-state index in [0.717, 1.165) is 11.3 Å². The van der Waals surface area contributed by atoms with Crippen LogP contribution in [0.3, 0.4) is 0 Å². The van der Waals surface area contributed by atoms with Crippen LogP contribution in [0.25, 0.3) is 0 Å². The van der Waals surface area contributed by atoms with Crippen molar-refractivity contribution in [3.63, 3.8) is 0 Å². The van der Waals surface area contributed by atoms with Crippen molar-refractivity contribution in [2.45, 2.75) is 12.1 Å². The van der Waals surface area contributed by atoms with Crippen molar-refractivity contribution >= 4 is 23.2 Å². The number of halogens is 1. The molecular weight excluding hydrogens is 466 g/mol. The number of nitrogens with zero attached hydrogens (tertiary/aromatic N) is 3. The third kappa shape index (κ3) is 5.99. The fraction of sp³-hybridized carbons (Fsp3) is 0.259. The van der Waals surface area contributed by atoms with E-state index in [0.29, 0.717) is 28.4 Å². The van der Waals surface area contributed by atoms with Gasteiger partial charge in [0.25, 0.3) is 0 Å². The van der Waals surface area contributed by atoms with Crippen LogP contribution in [0.4, 0.5) is 5.69 Å². The van der Waals surface area contributed by atoms with Crippen molar-refractivity contribution in [3.8, 4) is 11.8 Å². The van der Waals surface area contributed by atoms with Crippen molar-refractivity contribution in [1.29, 1.82) is 5.26 Å². The molecule has 1 aliphatic rings. The van der Waals surface area contributed by atoms with Gasteiger partial charge in [-0.25, -0.2) is 0 Å². The molecule has 1 saturated heterocycles. The van der Waals surface area contributed by atoms with Gasteiger partial charge in [0.05, 0.1) is 36.9 Å². The Morgan fingerprint density at radius 2 is 1.74 bits per heavy atom. The summed E-state index contributed by atoms with van der Waals surface area (Å²) in [6, 6.07) is 23.2. The van der Waals surface area contributed by atoms with E-state index >= 15 is 0 Å². The Labute approximate surface area is 209 Å². The third-order valence-electron chi connectivity index (χ3n) is 5.96. The molecule has 2 N–H and O–H groups in total. The van der Waals surface area contributed by atoms with Crippen molar-refractivity contribution in [1.82, 2.24) is 4.90 Å². The molecule has 4 rings (SSSR count). The van der Waals surface area contributed by atoms with Crippen molar-refractivity contribution in [2.24, 2.45) is 0 Å². The summed E-state index contributed by atoms with van der Waals surface area (Å²) < 4.78 is 5.44. The first-order valence-electron chi connectivity index (χ1n) is 11.3. The summed E-state index contributed by atoms with van der Waals surface area (Å²) in [6.45, 7) is 1.08. The fourth-order valence-electron chi connectivity index (χ4n) is 4.23. The van der Waals surface area contributed by atoms with Crippen LogP contribution in [0.15, 0.2) is 72.8 Å². The highest BCUT2D eigenvalue weighted by Gasteiger charge is 2.35. The van der Waals surface area contributed by atoms with E-state index in [2.05, 4.69) is 6.07 Å². The first-order chi connectivity index (χ1) is 17.0. The van der Waals surface area contributed by atoms with Gasteiger partial charge in [-0.05, 0) is 59.7 Å². The molecule has 3 aromatic carbocycles. The molecule has 35 heavy (non-hydrogen) atoms. The molecule has 180 valence electrons. The van der Waals surface area contributed by atoms with Crippen LogP contribution in [-0.4, -0.2) is 53.9 Å². The second-order valence-electron chi connectivity index (χ2n) is 8.34. The number of aliphatic hydroxyl groups excluding tert-OH is 2. The quantitative estimate of drug-likeness (QED) is 0.498. The van der Waals surface area contributed by atoms with E-state index in [1.165, 1.54) is 0 Å². The second kappa shape index (κ2) is 11.3. The van der Waals surface area contributed by atoms with Crippen LogP contribution in [0.5, 0.6) is 5.75 Å². The van der Waals surface area contributed by atoms with Gasteiger partial charge in [-0.15, -0.1) is 0 Å². The van der Waals surface area contributed by atoms with Crippen LogP contribution in [-0.2, 0) is 4.79 Å². The molecular formula is C27H26ClN3O4. The lowest BCUT2D eigenvalue weighted by Gasteiger charge is -2.42. The number of anilines is 1. The van der Waals surface area contributed by atoms with E-state index in [1.807, 2.05) is 29.2 Å². The highest BCUT2D eigenvalue weighted by molar-refractivity contribution is 6.30. The minimum absolute atomic E-state index is 0.0742. The number of benzene rings is 3. The molecule has 0 bridgehead atoms. The van der Waals surface area contributed by atoms with Gasteiger partial charge in [0.1, 0.15) is 12.4 Å². The zero-order valence-electron chi connectivity index (χ0n) is 19.0. The molecule has 1 amide bonds. The topological polar surface area (TPSA) is 97.0 Å². The van der Waals surface area contributed by atoms with Crippen LogP contribution < -0.4 is 9.64 Å². The minimum Gasteiger partial charge on any atom is -0.491 e. The number of amides is 1. The number of piperazine rings is 1. The van der Waals surface area contributed by atoms with Gasteiger partial charge in [-0.1, -0.05) is 35.9 Å². The van der Waals surface area contributed by atoms with Gasteiger partial charge in [0.2, 0.25) is 5.91 Å². The molecule has 0 radical (unpaired) electrons. The Morgan fingerprint density at radius 3 is 2.37 bits per heavy atom. The van der Waals surface area contributed by atoms with Crippen LogP contribution >= 0.6 is 11.6 Å². The number of nitriles is 1. The Bertz CT molecular complexity index is 1180. The molecule has 2 atom stereocenters. The van der Waals surface area contributed by atoms with Crippen LogP contribution in [0.2, 0.25) is 5.02 Å². The predicted molar refractivity (Wildman–Crippen MR) is 133 cm³/mol. The number of carbonyl (C=O) groups excluding carboxylic acids is 1.